The van der Waals surface area contributed by atoms with Crippen LogP contribution < -0.4 is 11.1 Å². The highest BCUT2D eigenvalue weighted by Crippen LogP contribution is 2.22. The molecule has 0 amide bonds. The van der Waals surface area contributed by atoms with Gasteiger partial charge in [-0.15, -0.1) is 24.0 Å². The van der Waals surface area contributed by atoms with Crippen LogP contribution in [0.3, 0.4) is 0 Å². The van der Waals surface area contributed by atoms with Crippen molar-refractivity contribution in [3.8, 4) is 0 Å². The van der Waals surface area contributed by atoms with E-state index in [2.05, 4.69) is 31.1 Å². The molecule has 0 spiro atoms. The van der Waals surface area contributed by atoms with E-state index in [1.807, 2.05) is 11.8 Å². The van der Waals surface area contributed by atoms with E-state index in [9.17, 15) is 0 Å². The summed E-state index contributed by atoms with van der Waals surface area (Å²) in [6, 6.07) is 0.548. The van der Waals surface area contributed by atoms with E-state index in [1.165, 1.54) is 38.5 Å². The molecular weight excluding hydrogens is 369 g/mol. The molecule has 114 valence electrons. The van der Waals surface area contributed by atoms with Gasteiger partial charge in [-0.1, -0.05) is 46.5 Å². The molecule has 1 aliphatic rings. The molecule has 1 fully saturated rings. The van der Waals surface area contributed by atoms with Gasteiger partial charge >= 0.3 is 0 Å². The number of hydrogen-bond donors (Lipinski definition) is 2. The van der Waals surface area contributed by atoms with Crippen molar-refractivity contribution in [3.05, 3.63) is 0 Å². The predicted octanol–water partition coefficient (Wildman–Crippen LogP) is 3.76. The maximum absolute atomic E-state index is 5.94. The standard InChI is InChI=1S/C14H29N3S.HI/c1-14(2,3)18-11-10-16-13(15)17-12-8-6-4-5-7-9-12;/h12H,4-11H2,1-3H3,(H3,15,16,17);1H. The highest BCUT2D eigenvalue weighted by atomic mass is 127. The molecule has 0 bridgehead atoms. The molecule has 1 aliphatic carbocycles. The quantitative estimate of drug-likeness (QED) is 0.249. The van der Waals surface area contributed by atoms with Crippen LogP contribution in [-0.4, -0.2) is 29.0 Å². The first-order valence-corrected chi connectivity index (χ1v) is 8.16. The van der Waals surface area contributed by atoms with Crippen molar-refractivity contribution < 1.29 is 0 Å². The normalized spacial score (nSPS) is 18.6. The van der Waals surface area contributed by atoms with Gasteiger partial charge in [-0.05, 0) is 12.8 Å². The Labute approximate surface area is 140 Å². The Morgan fingerprint density at radius 3 is 2.32 bits per heavy atom. The second kappa shape index (κ2) is 10.1. The third-order valence-corrected chi connectivity index (χ3v) is 4.37. The lowest BCUT2D eigenvalue weighted by atomic mass is 10.1. The molecule has 3 nitrogen and oxygen atoms in total. The fourth-order valence-electron chi connectivity index (χ4n) is 2.20. The molecule has 5 heteroatoms. The Morgan fingerprint density at radius 1 is 1.21 bits per heavy atom. The maximum Gasteiger partial charge on any atom is 0.188 e. The third-order valence-electron chi connectivity index (χ3n) is 3.12. The highest BCUT2D eigenvalue weighted by molar-refractivity contribution is 14.0. The van der Waals surface area contributed by atoms with E-state index in [-0.39, 0.29) is 24.0 Å². The Bertz CT molecular complexity index is 256. The summed E-state index contributed by atoms with van der Waals surface area (Å²) in [7, 11) is 0. The summed E-state index contributed by atoms with van der Waals surface area (Å²) in [5.41, 5.74) is 5.94. The first kappa shape index (κ1) is 19.4. The van der Waals surface area contributed by atoms with Gasteiger partial charge in [0.2, 0.25) is 0 Å². The topological polar surface area (TPSA) is 50.4 Å². The first-order valence-electron chi connectivity index (χ1n) is 7.18. The SMILES string of the molecule is CC(C)(C)SCCN=C(N)NC1CCCCCC1.I. The lowest BCUT2D eigenvalue weighted by Gasteiger charge is -2.18. The lowest BCUT2D eigenvalue weighted by Crippen LogP contribution is -2.40. The number of thioether (sulfide) groups is 1. The van der Waals surface area contributed by atoms with Crippen LogP contribution >= 0.6 is 35.7 Å². The average Bonchev–Trinajstić information content (AvgIpc) is 2.52. The molecule has 0 aromatic rings. The zero-order valence-electron chi connectivity index (χ0n) is 12.6. The van der Waals surface area contributed by atoms with Crippen molar-refractivity contribution in [2.45, 2.75) is 70.1 Å². The average molecular weight is 399 g/mol. The van der Waals surface area contributed by atoms with Crippen LogP contribution in [0.5, 0.6) is 0 Å². The van der Waals surface area contributed by atoms with Crippen molar-refractivity contribution in [3.63, 3.8) is 0 Å². The van der Waals surface area contributed by atoms with Crippen LogP contribution in [0.2, 0.25) is 0 Å². The summed E-state index contributed by atoms with van der Waals surface area (Å²) in [5, 5.41) is 3.37. The molecule has 0 saturated heterocycles. The predicted molar refractivity (Wildman–Crippen MR) is 98.7 cm³/mol. The number of hydrogen-bond acceptors (Lipinski definition) is 2. The molecule has 0 atom stereocenters. The summed E-state index contributed by atoms with van der Waals surface area (Å²) in [5.74, 6) is 1.67. The summed E-state index contributed by atoms with van der Waals surface area (Å²) in [6.07, 6.45) is 7.88. The molecule has 19 heavy (non-hydrogen) atoms. The van der Waals surface area contributed by atoms with E-state index >= 15 is 0 Å². The van der Waals surface area contributed by atoms with Gasteiger partial charge in [0.1, 0.15) is 0 Å². The molecule has 3 N–H and O–H groups in total. The van der Waals surface area contributed by atoms with Crippen LogP contribution in [0.4, 0.5) is 0 Å². The minimum atomic E-state index is 0. The monoisotopic (exact) mass is 399 g/mol. The van der Waals surface area contributed by atoms with Crippen molar-refractivity contribution in [1.82, 2.24) is 5.32 Å². The molecule has 0 unspecified atom stereocenters. The van der Waals surface area contributed by atoms with Crippen molar-refractivity contribution in [2.75, 3.05) is 12.3 Å². The van der Waals surface area contributed by atoms with Gasteiger partial charge in [0, 0.05) is 16.5 Å². The van der Waals surface area contributed by atoms with Crippen LogP contribution in [0, 0.1) is 0 Å². The number of rotatable bonds is 4. The van der Waals surface area contributed by atoms with Crippen molar-refractivity contribution in [2.24, 2.45) is 10.7 Å². The molecule has 1 rings (SSSR count). The fraction of sp³-hybridized carbons (Fsp3) is 0.929. The number of nitrogens with one attached hydrogen (secondary N) is 1. The molecule has 0 aromatic heterocycles. The molecule has 1 saturated carbocycles. The van der Waals surface area contributed by atoms with E-state index in [0.29, 0.717) is 16.7 Å². The van der Waals surface area contributed by atoms with E-state index in [1.54, 1.807) is 0 Å². The number of nitrogens with zero attached hydrogens (tertiary/aromatic N) is 1. The van der Waals surface area contributed by atoms with Crippen molar-refractivity contribution >= 4 is 41.7 Å². The summed E-state index contributed by atoms with van der Waals surface area (Å²) >= 11 is 1.93. The highest BCUT2D eigenvalue weighted by Gasteiger charge is 2.12. The summed E-state index contributed by atoms with van der Waals surface area (Å²) in [6.45, 7) is 7.50. The van der Waals surface area contributed by atoms with E-state index < -0.39 is 0 Å². The molecular formula is C14H30IN3S. The van der Waals surface area contributed by atoms with Crippen LogP contribution in [0.25, 0.3) is 0 Å². The van der Waals surface area contributed by atoms with Crippen molar-refractivity contribution in [1.29, 1.82) is 0 Å². The summed E-state index contributed by atoms with van der Waals surface area (Å²) in [4.78, 5) is 4.41. The minimum Gasteiger partial charge on any atom is -0.370 e. The molecule has 0 heterocycles. The van der Waals surface area contributed by atoms with Crippen LogP contribution in [-0.2, 0) is 0 Å². The summed E-state index contributed by atoms with van der Waals surface area (Å²) < 4.78 is 0.318. The van der Waals surface area contributed by atoms with Crippen LogP contribution in [0.15, 0.2) is 4.99 Å². The Hall–Kier alpha value is 0.350. The fourth-order valence-corrected chi connectivity index (χ4v) is 2.99. The second-order valence-electron chi connectivity index (χ2n) is 6.06. The molecule has 0 aromatic carbocycles. The molecule has 0 aliphatic heterocycles. The number of halogens is 1. The number of nitrogens with two attached hydrogens (primary N) is 1. The largest absolute Gasteiger partial charge is 0.370 e. The second-order valence-corrected chi connectivity index (χ2v) is 7.98. The first-order chi connectivity index (χ1) is 8.47. The van der Waals surface area contributed by atoms with E-state index in [0.717, 1.165) is 12.3 Å². The smallest absolute Gasteiger partial charge is 0.188 e. The Morgan fingerprint density at radius 2 is 1.79 bits per heavy atom. The Kier molecular flexibility index (Phi) is 10.3. The third kappa shape index (κ3) is 10.8. The van der Waals surface area contributed by atoms with Gasteiger partial charge in [0.15, 0.2) is 5.96 Å². The van der Waals surface area contributed by atoms with Gasteiger partial charge in [0.05, 0.1) is 6.54 Å². The van der Waals surface area contributed by atoms with Crippen LogP contribution in [0.1, 0.15) is 59.3 Å². The number of guanidine groups is 1. The van der Waals surface area contributed by atoms with Gasteiger partial charge in [-0.3, -0.25) is 4.99 Å². The lowest BCUT2D eigenvalue weighted by molar-refractivity contribution is 0.530. The maximum atomic E-state index is 5.94. The van der Waals surface area contributed by atoms with Gasteiger partial charge in [-0.25, -0.2) is 0 Å². The van der Waals surface area contributed by atoms with Gasteiger partial charge in [0.25, 0.3) is 0 Å². The van der Waals surface area contributed by atoms with Gasteiger partial charge < -0.3 is 11.1 Å². The number of aliphatic imine (C=N–C) groups is 1. The van der Waals surface area contributed by atoms with E-state index in [4.69, 9.17) is 5.73 Å². The molecule has 0 radical (unpaired) electrons. The zero-order chi connectivity index (χ0) is 13.4. The minimum absolute atomic E-state index is 0. The van der Waals surface area contributed by atoms with Gasteiger partial charge in [-0.2, -0.15) is 11.8 Å². The Balaban J connectivity index is 0.00000324. The zero-order valence-corrected chi connectivity index (χ0v) is 15.7.